The fourth-order valence-corrected chi connectivity index (χ4v) is 1.26. The number of carbonyl (C=O) groups is 1. The number of hydrogen-bond acceptors (Lipinski definition) is 3. The molecule has 4 nitrogen and oxygen atoms in total. The van der Waals surface area contributed by atoms with Gasteiger partial charge in [-0.3, -0.25) is 4.79 Å². The maximum absolute atomic E-state index is 12.9. The lowest BCUT2D eigenvalue weighted by Gasteiger charge is -2.19. The Bertz CT molecular complexity index is 355. The number of carbonyl (C=O) groups excluding carboxylic acids is 1. The van der Waals surface area contributed by atoms with E-state index in [1.165, 1.54) is 10.8 Å². The molecule has 0 aliphatic heterocycles. The van der Waals surface area contributed by atoms with Crippen molar-refractivity contribution >= 4 is 5.97 Å². The molecule has 0 aromatic carbocycles. The number of ether oxygens (including phenoxy) is 1. The molecule has 1 aromatic rings. The van der Waals surface area contributed by atoms with Gasteiger partial charge in [-0.2, -0.15) is 4.39 Å². The van der Waals surface area contributed by atoms with Crippen molar-refractivity contribution in [3.63, 3.8) is 0 Å². The van der Waals surface area contributed by atoms with Crippen molar-refractivity contribution in [3.05, 3.63) is 18.5 Å². The van der Waals surface area contributed by atoms with Crippen LogP contribution in [0.2, 0.25) is 0 Å². The molecule has 0 unspecified atom stereocenters. The summed E-state index contributed by atoms with van der Waals surface area (Å²) >= 11 is 0. The highest BCUT2D eigenvalue weighted by molar-refractivity contribution is 5.69. The monoisotopic (exact) mass is 228 g/mol. The quantitative estimate of drug-likeness (QED) is 0.742. The van der Waals surface area contributed by atoms with E-state index in [1.54, 1.807) is 6.20 Å². The fraction of sp³-hybridized carbons (Fsp3) is 0.636. The van der Waals surface area contributed by atoms with Crippen LogP contribution in [0.3, 0.4) is 0 Å². The van der Waals surface area contributed by atoms with E-state index in [2.05, 4.69) is 4.98 Å². The SMILES string of the molecule is CC(C)(C)OC(=O)CCCn1ccnc1F. The average molecular weight is 228 g/mol. The molecule has 0 saturated heterocycles. The van der Waals surface area contributed by atoms with Gasteiger partial charge >= 0.3 is 5.97 Å². The third-order valence-corrected chi connectivity index (χ3v) is 1.86. The lowest BCUT2D eigenvalue weighted by atomic mass is 10.2. The van der Waals surface area contributed by atoms with Gasteiger partial charge in [-0.1, -0.05) is 0 Å². The molecular weight excluding hydrogens is 211 g/mol. The Kier molecular flexibility index (Phi) is 4.04. The molecule has 0 radical (unpaired) electrons. The van der Waals surface area contributed by atoms with Gasteiger partial charge in [-0.05, 0) is 27.2 Å². The summed E-state index contributed by atoms with van der Waals surface area (Å²) in [5, 5.41) is 0. The van der Waals surface area contributed by atoms with Crippen LogP contribution in [-0.2, 0) is 16.1 Å². The fourth-order valence-electron chi connectivity index (χ4n) is 1.26. The molecule has 0 amide bonds. The molecule has 0 N–H and O–H groups in total. The Morgan fingerprint density at radius 3 is 2.75 bits per heavy atom. The minimum atomic E-state index is -0.524. The maximum Gasteiger partial charge on any atom is 0.306 e. The number of aromatic nitrogens is 2. The van der Waals surface area contributed by atoms with E-state index < -0.39 is 11.7 Å². The van der Waals surface area contributed by atoms with Crippen LogP contribution in [0, 0.1) is 6.08 Å². The van der Waals surface area contributed by atoms with E-state index in [9.17, 15) is 9.18 Å². The first-order valence-corrected chi connectivity index (χ1v) is 5.27. The summed E-state index contributed by atoms with van der Waals surface area (Å²) in [6, 6.07) is 0. The number of hydrogen-bond donors (Lipinski definition) is 0. The van der Waals surface area contributed by atoms with Crippen molar-refractivity contribution in [1.82, 2.24) is 9.55 Å². The van der Waals surface area contributed by atoms with Gasteiger partial charge in [0.2, 0.25) is 0 Å². The van der Waals surface area contributed by atoms with Crippen LogP contribution in [0.4, 0.5) is 4.39 Å². The van der Waals surface area contributed by atoms with Gasteiger partial charge < -0.3 is 9.30 Å². The maximum atomic E-state index is 12.9. The number of rotatable bonds is 4. The smallest absolute Gasteiger partial charge is 0.306 e. The summed E-state index contributed by atoms with van der Waals surface area (Å²) in [4.78, 5) is 14.8. The van der Waals surface area contributed by atoms with E-state index in [1.807, 2.05) is 20.8 Å². The molecule has 1 aromatic heterocycles. The zero-order valence-electron chi connectivity index (χ0n) is 9.86. The highest BCUT2D eigenvalue weighted by Crippen LogP contribution is 2.09. The Labute approximate surface area is 94.4 Å². The predicted octanol–water partition coefficient (Wildman–Crippen LogP) is 2.14. The van der Waals surface area contributed by atoms with Gasteiger partial charge in [-0.15, -0.1) is 0 Å². The molecular formula is C11H17FN2O2. The molecule has 5 heteroatoms. The Morgan fingerprint density at radius 2 is 2.25 bits per heavy atom. The van der Waals surface area contributed by atoms with E-state index in [4.69, 9.17) is 4.74 Å². The van der Waals surface area contributed by atoms with Crippen LogP contribution in [0.25, 0.3) is 0 Å². The second-order valence-electron chi connectivity index (χ2n) is 4.58. The molecule has 0 aliphatic carbocycles. The van der Waals surface area contributed by atoms with Crippen LogP contribution in [0.5, 0.6) is 0 Å². The molecule has 90 valence electrons. The number of imidazole rings is 1. The van der Waals surface area contributed by atoms with Gasteiger partial charge in [0.1, 0.15) is 5.60 Å². The standard InChI is InChI=1S/C11H17FN2O2/c1-11(2,3)16-9(15)5-4-7-14-8-6-13-10(14)12/h6,8H,4-5,7H2,1-3H3. The molecule has 1 rings (SSSR count). The largest absolute Gasteiger partial charge is 0.460 e. The summed E-state index contributed by atoms with van der Waals surface area (Å²) < 4.78 is 19.4. The van der Waals surface area contributed by atoms with Gasteiger partial charge in [0, 0.05) is 25.4 Å². The lowest BCUT2D eigenvalue weighted by molar-refractivity contribution is -0.154. The van der Waals surface area contributed by atoms with E-state index in [0.29, 0.717) is 13.0 Å². The van der Waals surface area contributed by atoms with Crippen LogP contribution < -0.4 is 0 Å². The van der Waals surface area contributed by atoms with Gasteiger partial charge in [0.25, 0.3) is 6.08 Å². The van der Waals surface area contributed by atoms with E-state index in [0.717, 1.165) is 0 Å². The zero-order chi connectivity index (χ0) is 12.2. The number of aryl methyl sites for hydroxylation is 1. The second-order valence-corrected chi connectivity index (χ2v) is 4.58. The first-order valence-electron chi connectivity index (χ1n) is 5.27. The van der Waals surface area contributed by atoms with Gasteiger partial charge in [0.05, 0.1) is 0 Å². The average Bonchev–Trinajstić information content (AvgIpc) is 2.48. The first-order chi connectivity index (χ1) is 7.38. The van der Waals surface area contributed by atoms with Gasteiger partial charge in [-0.25, -0.2) is 4.98 Å². The van der Waals surface area contributed by atoms with Crippen molar-refractivity contribution in [2.45, 2.75) is 45.8 Å². The summed E-state index contributed by atoms with van der Waals surface area (Å²) in [6.45, 7) is 5.90. The summed E-state index contributed by atoms with van der Waals surface area (Å²) in [7, 11) is 0. The lowest BCUT2D eigenvalue weighted by Crippen LogP contribution is -2.23. The molecule has 0 spiro atoms. The van der Waals surface area contributed by atoms with Crippen LogP contribution in [-0.4, -0.2) is 21.1 Å². The van der Waals surface area contributed by atoms with Crippen molar-refractivity contribution in [1.29, 1.82) is 0 Å². The minimum absolute atomic E-state index is 0.256. The summed E-state index contributed by atoms with van der Waals surface area (Å²) in [6.07, 6.45) is 3.24. The van der Waals surface area contributed by atoms with Crippen LogP contribution in [0.15, 0.2) is 12.4 Å². The van der Waals surface area contributed by atoms with Crippen molar-refractivity contribution in [3.8, 4) is 0 Å². The highest BCUT2D eigenvalue weighted by atomic mass is 19.1. The molecule has 0 saturated carbocycles. The number of esters is 1. The van der Waals surface area contributed by atoms with Crippen molar-refractivity contribution in [2.75, 3.05) is 0 Å². The predicted molar refractivity (Wildman–Crippen MR) is 57.3 cm³/mol. The summed E-state index contributed by atoms with van der Waals surface area (Å²) in [5.74, 6) is -0.256. The van der Waals surface area contributed by atoms with Gasteiger partial charge in [0.15, 0.2) is 0 Å². The molecule has 0 atom stereocenters. The van der Waals surface area contributed by atoms with Crippen molar-refractivity contribution in [2.24, 2.45) is 0 Å². The normalized spacial score (nSPS) is 11.5. The number of nitrogens with zero attached hydrogens (tertiary/aromatic N) is 2. The molecule has 0 fully saturated rings. The van der Waals surface area contributed by atoms with E-state index >= 15 is 0 Å². The third-order valence-electron chi connectivity index (χ3n) is 1.86. The van der Waals surface area contributed by atoms with Crippen LogP contribution >= 0.6 is 0 Å². The topological polar surface area (TPSA) is 44.1 Å². The second kappa shape index (κ2) is 5.09. The first kappa shape index (κ1) is 12.7. The third kappa shape index (κ3) is 4.42. The Hall–Kier alpha value is -1.39. The Morgan fingerprint density at radius 1 is 1.56 bits per heavy atom. The highest BCUT2D eigenvalue weighted by Gasteiger charge is 2.15. The molecule has 16 heavy (non-hydrogen) atoms. The minimum Gasteiger partial charge on any atom is -0.460 e. The van der Waals surface area contributed by atoms with Crippen LogP contribution in [0.1, 0.15) is 33.6 Å². The molecule has 0 bridgehead atoms. The zero-order valence-corrected chi connectivity index (χ0v) is 9.86. The number of halogens is 1. The van der Waals surface area contributed by atoms with Crippen molar-refractivity contribution < 1.29 is 13.9 Å². The molecule has 1 heterocycles. The Balaban J connectivity index is 2.26. The molecule has 0 aliphatic rings. The van der Waals surface area contributed by atoms with E-state index in [-0.39, 0.29) is 12.4 Å². The summed E-state index contributed by atoms with van der Waals surface area (Å²) in [5.41, 5.74) is -0.461.